The summed E-state index contributed by atoms with van der Waals surface area (Å²) in [7, 11) is -1.36. The van der Waals surface area contributed by atoms with Gasteiger partial charge in [-0.15, -0.1) is 0 Å². The van der Waals surface area contributed by atoms with Crippen molar-refractivity contribution in [3.63, 3.8) is 0 Å². The summed E-state index contributed by atoms with van der Waals surface area (Å²) >= 11 is 0. The first-order valence-electron chi connectivity index (χ1n) is 17.8. The molecule has 0 aliphatic heterocycles. The van der Waals surface area contributed by atoms with Crippen molar-refractivity contribution in [3.05, 3.63) is 182 Å². The Balaban J connectivity index is 1.12. The predicted molar refractivity (Wildman–Crippen MR) is 221 cm³/mol. The zero-order valence-electron chi connectivity index (χ0n) is 29.7. The molecule has 0 spiro atoms. The van der Waals surface area contributed by atoms with Crippen molar-refractivity contribution in [2.24, 2.45) is 0 Å². The van der Waals surface area contributed by atoms with E-state index in [-0.39, 0.29) is 0 Å². The maximum Gasteiger partial charge on any atom is 0.164 e. The average Bonchev–Trinajstić information content (AvgIpc) is 3.21. The number of rotatable bonds is 8. The SMILES string of the molecule is C[Si](C)(C)c1ccc(-c2cccc(-c3cccc(-c4nc(-c5ccccc5)nc(-c5ccc(-c6ccc(-c7ccccc7)cc6)cc5)n4)c3)c2)cc1. The number of hydrogen-bond donors (Lipinski definition) is 0. The molecule has 0 aliphatic carbocycles. The summed E-state index contributed by atoms with van der Waals surface area (Å²) in [6, 6.07) is 64.2. The van der Waals surface area contributed by atoms with Crippen LogP contribution in [-0.2, 0) is 0 Å². The molecular weight excluding hydrogens is 647 g/mol. The summed E-state index contributed by atoms with van der Waals surface area (Å²) in [5, 5.41) is 1.47. The number of aromatic nitrogens is 3. The fraction of sp³-hybridized carbons (Fsp3) is 0.0625. The van der Waals surface area contributed by atoms with Gasteiger partial charge in [-0.25, -0.2) is 15.0 Å². The highest BCUT2D eigenvalue weighted by atomic mass is 28.3. The summed E-state index contributed by atoms with van der Waals surface area (Å²) in [4.78, 5) is 15.0. The fourth-order valence-electron chi connectivity index (χ4n) is 6.53. The van der Waals surface area contributed by atoms with Gasteiger partial charge < -0.3 is 0 Å². The summed E-state index contributed by atoms with van der Waals surface area (Å²) in [6.45, 7) is 7.16. The van der Waals surface area contributed by atoms with E-state index in [1.165, 1.54) is 27.4 Å². The normalized spacial score (nSPS) is 11.4. The molecule has 0 atom stereocenters. The van der Waals surface area contributed by atoms with Gasteiger partial charge in [0.15, 0.2) is 17.5 Å². The molecule has 0 N–H and O–H groups in total. The van der Waals surface area contributed by atoms with Crippen molar-refractivity contribution in [2.45, 2.75) is 19.6 Å². The third-order valence-corrected chi connectivity index (χ3v) is 11.6. The highest BCUT2D eigenvalue weighted by Crippen LogP contribution is 2.32. The fourth-order valence-corrected chi connectivity index (χ4v) is 7.69. The van der Waals surface area contributed by atoms with Crippen LogP contribution in [0.3, 0.4) is 0 Å². The average molecular weight is 686 g/mol. The van der Waals surface area contributed by atoms with E-state index in [1.807, 2.05) is 36.4 Å². The van der Waals surface area contributed by atoms with Gasteiger partial charge in [-0.1, -0.05) is 195 Å². The summed E-state index contributed by atoms with van der Waals surface area (Å²) in [5.41, 5.74) is 12.3. The minimum Gasteiger partial charge on any atom is -0.208 e. The number of nitrogens with zero attached hydrogens (tertiary/aromatic N) is 3. The zero-order chi connectivity index (χ0) is 35.5. The molecule has 0 fully saturated rings. The maximum absolute atomic E-state index is 5.06. The van der Waals surface area contributed by atoms with Gasteiger partial charge in [0.1, 0.15) is 0 Å². The summed E-state index contributed by atoms with van der Waals surface area (Å²) in [5.74, 6) is 1.93. The van der Waals surface area contributed by atoms with E-state index in [0.717, 1.165) is 38.9 Å². The van der Waals surface area contributed by atoms with Crippen LogP contribution >= 0.6 is 0 Å². The summed E-state index contributed by atoms with van der Waals surface area (Å²) < 4.78 is 0. The predicted octanol–water partition coefficient (Wildman–Crippen LogP) is 12.1. The molecule has 0 saturated carbocycles. The smallest absolute Gasteiger partial charge is 0.164 e. The van der Waals surface area contributed by atoms with Gasteiger partial charge in [0, 0.05) is 16.7 Å². The standard InChI is InChI=1S/C48H39N3Si/c1-52(2,3)45-30-28-38(29-31-45)41-16-10-17-42(32-41)43-18-11-19-44(33-43)48-50-46(39-14-8-5-9-15-39)49-47(51-48)40-26-24-37(25-27-40)36-22-20-35(21-23-36)34-12-6-4-7-13-34/h4-33H,1-3H3. The molecule has 1 aromatic heterocycles. The van der Waals surface area contributed by atoms with Crippen LogP contribution in [0.5, 0.6) is 0 Å². The minimum atomic E-state index is -1.36. The molecule has 1 heterocycles. The molecule has 0 unspecified atom stereocenters. The Bertz CT molecular complexity index is 2450. The van der Waals surface area contributed by atoms with Crippen molar-refractivity contribution in [1.29, 1.82) is 0 Å². The first-order chi connectivity index (χ1) is 25.4. The molecule has 0 aliphatic rings. The molecule has 0 saturated heterocycles. The zero-order valence-corrected chi connectivity index (χ0v) is 30.7. The van der Waals surface area contributed by atoms with Crippen LogP contribution in [0.25, 0.3) is 78.7 Å². The first kappa shape index (κ1) is 32.9. The largest absolute Gasteiger partial charge is 0.208 e. The van der Waals surface area contributed by atoms with E-state index in [2.05, 4.69) is 165 Å². The molecule has 0 radical (unpaired) electrons. The lowest BCUT2D eigenvalue weighted by Gasteiger charge is -2.17. The highest BCUT2D eigenvalue weighted by molar-refractivity contribution is 6.88. The van der Waals surface area contributed by atoms with E-state index >= 15 is 0 Å². The Morgan fingerprint density at radius 1 is 0.269 bits per heavy atom. The Labute approximate surface area is 307 Å². The highest BCUT2D eigenvalue weighted by Gasteiger charge is 2.16. The van der Waals surface area contributed by atoms with Crippen molar-refractivity contribution < 1.29 is 0 Å². The van der Waals surface area contributed by atoms with Gasteiger partial charge in [-0.3, -0.25) is 0 Å². The van der Waals surface area contributed by atoms with Crippen LogP contribution in [0.15, 0.2) is 182 Å². The van der Waals surface area contributed by atoms with Crippen LogP contribution in [0.2, 0.25) is 19.6 Å². The van der Waals surface area contributed by atoms with E-state index in [4.69, 9.17) is 15.0 Å². The number of hydrogen-bond acceptors (Lipinski definition) is 3. The summed E-state index contributed by atoms with van der Waals surface area (Å²) in [6.07, 6.45) is 0. The van der Waals surface area contributed by atoms with Gasteiger partial charge in [-0.05, 0) is 56.6 Å². The third-order valence-electron chi connectivity index (χ3n) is 9.54. The maximum atomic E-state index is 5.06. The van der Waals surface area contributed by atoms with E-state index in [1.54, 1.807) is 0 Å². The van der Waals surface area contributed by atoms with Crippen LogP contribution in [-0.4, -0.2) is 23.0 Å². The molecule has 8 rings (SSSR count). The van der Waals surface area contributed by atoms with Gasteiger partial charge in [-0.2, -0.15) is 0 Å². The first-order valence-corrected chi connectivity index (χ1v) is 21.3. The second-order valence-electron chi connectivity index (χ2n) is 14.2. The van der Waals surface area contributed by atoms with Crippen LogP contribution in [0.4, 0.5) is 0 Å². The van der Waals surface area contributed by atoms with Crippen molar-refractivity contribution in [1.82, 2.24) is 15.0 Å². The van der Waals surface area contributed by atoms with Crippen LogP contribution < -0.4 is 5.19 Å². The lowest BCUT2D eigenvalue weighted by Crippen LogP contribution is -2.37. The molecule has 4 heteroatoms. The Morgan fingerprint density at radius 2 is 0.558 bits per heavy atom. The topological polar surface area (TPSA) is 38.7 Å². The Morgan fingerprint density at radius 3 is 1.04 bits per heavy atom. The second-order valence-corrected chi connectivity index (χ2v) is 19.3. The Kier molecular flexibility index (Phi) is 8.98. The number of benzene rings is 7. The van der Waals surface area contributed by atoms with E-state index in [9.17, 15) is 0 Å². The minimum absolute atomic E-state index is 0.643. The van der Waals surface area contributed by atoms with Gasteiger partial charge >= 0.3 is 0 Å². The third kappa shape index (κ3) is 7.16. The molecule has 52 heavy (non-hydrogen) atoms. The monoisotopic (exact) mass is 685 g/mol. The molecular formula is C48H39N3Si. The van der Waals surface area contributed by atoms with Gasteiger partial charge in [0.05, 0.1) is 8.07 Å². The lowest BCUT2D eigenvalue weighted by molar-refractivity contribution is 1.07. The second kappa shape index (κ2) is 14.2. The van der Waals surface area contributed by atoms with Crippen LogP contribution in [0, 0.1) is 0 Å². The molecule has 250 valence electrons. The van der Waals surface area contributed by atoms with E-state index in [0.29, 0.717) is 17.5 Å². The van der Waals surface area contributed by atoms with Gasteiger partial charge in [0.2, 0.25) is 0 Å². The van der Waals surface area contributed by atoms with Crippen molar-refractivity contribution in [3.8, 4) is 78.7 Å². The quantitative estimate of drug-likeness (QED) is 0.149. The van der Waals surface area contributed by atoms with Crippen LogP contribution in [0.1, 0.15) is 0 Å². The Hall–Kier alpha value is -6.23. The van der Waals surface area contributed by atoms with E-state index < -0.39 is 8.07 Å². The molecule has 0 amide bonds. The molecule has 7 aromatic carbocycles. The van der Waals surface area contributed by atoms with Gasteiger partial charge in [0.25, 0.3) is 0 Å². The molecule has 8 aromatic rings. The molecule has 0 bridgehead atoms. The lowest BCUT2D eigenvalue weighted by atomic mass is 9.98. The van der Waals surface area contributed by atoms with Crippen molar-refractivity contribution in [2.75, 3.05) is 0 Å². The molecule has 3 nitrogen and oxygen atoms in total. The van der Waals surface area contributed by atoms with Crippen molar-refractivity contribution >= 4 is 13.3 Å².